The van der Waals surface area contributed by atoms with E-state index in [0.717, 1.165) is 25.3 Å². The van der Waals surface area contributed by atoms with Crippen molar-refractivity contribution in [3.05, 3.63) is 53.3 Å². The van der Waals surface area contributed by atoms with Crippen molar-refractivity contribution in [2.45, 2.75) is 33.2 Å². The third-order valence-electron chi connectivity index (χ3n) is 4.73. The van der Waals surface area contributed by atoms with Crippen molar-refractivity contribution in [3.8, 4) is 0 Å². The smallest absolute Gasteiger partial charge is 0.0638 e. The van der Waals surface area contributed by atoms with Gasteiger partial charge in [-0.2, -0.15) is 5.10 Å². The van der Waals surface area contributed by atoms with E-state index in [1.165, 1.54) is 11.1 Å². The van der Waals surface area contributed by atoms with E-state index in [1.54, 1.807) is 0 Å². The van der Waals surface area contributed by atoms with Crippen LogP contribution in [-0.4, -0.2) is 27.8 Å². The lowest BCUT2D eigenvalue weighted by Gasteiger charge is -2.26. The molecule has 3 nitrogen and oxygen atoms in total. The zero-order valence-corrected chi connectivity index (χ0v) is 13.5. The Balaban J connectivity index is 1.77. The molecule has 3 rings (SSSR count). The minimum absolute atomic E-state index is 0.317. The van der Waals surface area contributed by atoms with Gasteiger partial charge in [-0.15, -0.1) is 0 Å². The molecule has 2 heterocycles. The van der Waals surface area contributed by atoms with Gasteiger partial charge in [-0.05, 0) is 17.9 Å². The SMILES string of the molecule is Cc1nn(C)cc1CN1C[C@@H](c2ccccc2)C(C)(C)C1. The van der Waals surface area contributed by atoms with Crippen molar-refractivity contribution < 1.29 is 0 Å². The Hall–Kier alpha value is -1.61. The predicted molar refractivity (Wildman–Crippen MR) is 86.2 cm³/mol. The third kappa shape index (κ3) is 2.88. The number of rotatable bonds is 3. The Kier molecular flexibility index (Phi) is 3.62. The number of aryl methyl sites for hydroxylation is 2. The molecule has 1 aromatic heterocycles. The first-order valence-corrected chi connectivity index (χ1v) is 7.72. The quantitative estimate of drug-likeness (QED) is 0.861. The van der Waals surface area contributed by atoms with Crippen LogP contribution in [0.2, 0.25) is 0 Å². The summed E-state index contributed by atoms with van der Waals surface area (Å²) in [6.07, 6.45) is 2.15. The van der Waals surface area contributed by atoms with Crippen LogP contribution in [0.15, 0.2) is 36.5 Å². The summed E-state index contributed by atoms with van der Waals surface area (Å²) in [6, 6.07) is 10.9. The van der Waals surface area contributed by atoms with Crippen molar-refractivity contribution in [1.82, 2.24) is 14.7 Å². The molecule has 21 heavy (non-hydrogen) atoms. The van der Waals surface area contributed by atoms with Crippen molar-refractivity contribution in [1.29, 1.82) is 0 Å². The Morgan fingerprint density at radius 2 is 1.95 bits per heavy atom. The van der Waals surface area contributed by atoms with Gasteiger partial charge in [-0.1, -0.05) is 44.2 Å². The molecule has 0 N–H and O–H groups in total. The van der Waals surface area contributed by atoms with Crippen LogP contribution in [0.1, 0.15) is 36.6 Å². The standard InChI is InChI=1S/C18H25N3/c1-14-16(10-20(4)19-14)11-21-12-17(18(2,3)13-21)15-8-6-5-7-9-15/h5-10,17H,11-13H2,1-4H3/t17-/m0/s1. The fourth-order valence-electron chi connectivity index (χ4n) is 3.66. The number of hydrogen-bond acceptors (Lipinski definition) is 2. The molecule has 2 aromatic rings. The lowest BCUT2D eigenvalue weighted by molar-refractivity contribution is 0.281. The Morgan fingerprint density at radius 3 is 2.57 bits per heavy atom. The molecule has 0 saturated carbocycles. The summed E-state index contributed by atoms with van der Waals surface area (Å²) in [5.41, 5.74) is 4.28. The summed E-state index contributed by atoms with van der Waals surface area (Å²) in [5, 5.41) is 4.46. The Labute approximate surface area is 127 Å². The second-order valence-electron chi connectivity index (χ2n) is 7.03. The van der Waals surface area contributed by atoms with Crippen LogP contribution in [0.4, 0.5) is 0 Å². The molecule has 1 aromatic carbocycles. The maximum absolute atomic E-state index is 4.46. The Morgan fingerprint density at radius 1 is 1.24 bits per heavy atom. The molecular weight excluding hydrogens is 258 g/mol. The van der Waals surface area contributed by atoms with E-state index in [0.29, 0.717) is 11.3 Å². The van der Waals surface area contributed by atoms with Crippen LogP contribution < -0.4 is 0 Å². The van der Waals surface area contributed by atoms with Crippen LogP contribution in [0.3, 0.4) is 0 Å². The second-order valence-corrected chi connectivity index (χ2v) is 7.03. The number of likely N-dealkylation sites (tertiary alicyclic amines) is 1. The molecule has 0 aliphatic carbocycles. The van der Waals surface area contributed by atoms with E-state index in [1.807, 2.05) is 11.7 Å². The van der Waals surface area contributed by atoms with Gasteiger partial charge in [0.05, 0.1) is 5.69 Å². The highest BCUT2D eigenvalue weighted by atomic mass is 15.3. The van der Waals surface area contributed by atoms with Gasteiger partial charge < -0.3 is 0 Å². The third-order valence-corrected chi connectivity index (χ3v) is 4.73. The van der Waals surface area contributed by atoms with Crippen LogP contribution in [0.5, 0.6) is 0 Å². The van der Waals surface area contributed by atoms with Crippen molar-refractivity contribution in [2.24, 2.45) is 12.5 Å². The molecule has 1 atom stereocenters. The maximum Gasteiger partial charge on any atom is 0.0638 e. The zero-order chi connectivity index (χ0) is 15.0. The van der Waals surface area contributed by atoms with Gasteiger partial charge in [0.1, 0.15) is 0 Å². The van der Waals surface area contributed by atoms with E-state index in [2.05, 4.69) is 67.3 Å². The Bertz CT molecular complexity index is 613. The topological polar surface area (TPSA) is 21.1 Å². The fourth-order valence-corrected chi connectivity index (χ4v) is 3.66. The van der Waals surface area contributed by atoms with Gasteiger partial charge in [-0.3, -0.25) is 9.58 Å². The molecule has 3 heteroatoms. The van der Waals surface area contributed by atoms with Crippen LogP contribution in [0, 0.1) is 12.3 Å². The average Bonchev–Trinajstić information content (AvgIpc) is 2.90. The summed E-state index contributed by atoms with van der Waals surface area (Å²) in [6.45, 7) is 10.2. The highest BCUT2D eigenvalue weighted by Crippen LogP contribution is 2.42. The van der Waals surface area contributed by atoms with Gasteiger partial charge in [0.15, 0.2) is 0 Å². The lowest BCUT2D eigenvalue weighted by atomic mass is 9.78. The molecule has 0 spiro atoms. The monoisotopic (exact) mass is 283 g/mol. The van der Waals surface area contributed by atoms with E-state index < -0.39 is 0 Å². The van der Waals surface area contributed by atoms with Gasteiger partial charge >= 0.3 is 0 Å². The number of nitrogens with zero attached hydrogens (tertiary/aromatic N) is 3. The molecule has 0 radical (unpaired) electrons. The molecule has 1 aliphatic heterocycles. The van der Waals surface area contributed by atoms with E-state index in [9.17, 15) is 0 Å². The summed E-state index contributed by atoms with van der Waals surface area (Å²) >= 11 is 0. The van der Waals surface area contributed by atoms with E-state index in [4.69, 9.17) is 0 Å². The largest absolute Gasteiger partial charge is 0.298 e. The van der Waals surface area contributed by atoms with Crippen LogP contribution in [0.25, 0.3) is 0 Å². The molecule has 112 valence electrons. The summed E-state index contributed by atoms with van der Waals surface area (Å²) < 4.78 is 1.92. The minimum atomic E-state index is 0.317. The van der Waals surface area contributed by atoms with Crippen molar-refractivity contribution in [3.63, 3.8) is 0 Å². The predicted octanol–water partition coefficient (Wildman–Crippen LogP) is 3.35. The van der Waals surface area contributed by atoms with E-state index in [-0.39, 0.29) is 0 Å². The first kappa shape index (κ1) is 14.3. The van der Waals surface area contributed by atoms with Crippen molar-refractivity contribution >= 4 is 0 Å². The molecule has 0 amide bonds. The summed E-state index contributed by atoms with van der Waals surface area (Å²) in [4.78, 5) is 2.57. The van der Waals surface area contributed by atoms with Crippen LogP contribution in [-0.2, 0) is 13.6 Å². The molecule has 0 unspecified atom stereocenters. The highest BCUT2D eigenvalue weighted by Gasteiger charge is 2.39. The summed E-state index contributed by atoms with van der Waals surface area (Å²) in [7, 11) is 2.00. The maximum atomic E-state index is 4.46. The highest BCUT2D eigenvalue weighted by molar-refractivity contribution is 5.25. The molecule has 1 saturated heterocycles. The van der Waals surface area contributed by atoms with Crippen LogP contribution >= 0.6 is 0 Å². The zero-order valence-electron chi connectivity index (χ0n) is 13.5. The molecule has 1 fully saturated rings. The first-order valence-electron chi connectivity index (χ1n) is 7.72. The van der Waals surface area contributed by atoms with E-state index >= 15 is 0 Å². The van der Waals surface area contributed by atoms with Gasteiger partial charge in [0, 0.05) is 44.4 Å². The number of aromatic nitrogens is 2. The average molecular weight is 283 g/mol. The summed E-state index contributed by atoms with van der Waals surface area (Å²) in [5.74, 6) is 0.607. The normalized spacial score (nSPS) is 21.8. The molecular formula is C18H25N3. The van der Waals surface area contributed by atoms with Crippen molar-refractivity contribution in [2.75, 3.05) is 13.1 Å². The number of hydrogen-bond donors (Lipinski definition) is 0. The van der Waals surface area contributed by atoms with Gasteiger partial charge in [0.25, 0.3) is 0 Å². The molecule has 1 aliphatic rings. The molecule has 0 bridgehead atoms. The second kappa shape index (κ2) is 5.30. The number of benzene rings is 1. The van der Waals surface area contributed by atoms with Gasteiger partial charge in [-0.25, -0.2) is 0 Å². The lowest BCUT2D eigenvalue weighted by Crippen LogP contribution is -2.23. The first-order chi connectivity index (χ1) is 9.95. The minimum Gasteiger partial charge on any atom is -0.298 e. The fraction of sp³-hybridized carbons (Fsp3) is 0.500. The van der Waals surface area contributed by atoms with Gasteiger partial charge in [0.2, 0.25) is 0 Å².